The van der Waals surface area contributed by atoms with Crippen molar-refractivity contribution in [1.29, 1.82) is 0 Å². The summed E-state index contributed by atoms with van der Waals surface area (Å²) in [5.74, 6) is -0.266. The van der Waals surface area contributed by atoms with Crippen LogP contribution < -0.4 is 5.32 Å². The lowest BCUT2D eigenvalue weighted by Crippen LogP contribution is -2.47. The first-order chi connectivity index (χ1) is 14.7. The van der Waals surface area contributed by atoms with Gasteiger partial charge in [-0.15, -0.1) is 0 Å². The molecule has 3 rings (SSSR count). The van der Waals surface area contributed by atoms with E-state index in [4.69, 9.17) is 0 Å². The molecule has 1 amide bonds. The molecule has 0 radical (unpaired) electrons. The number of carbonyl (C=O) groups excluding carboxylic acids is 1. The minimum Gasteiger partial charge on any atom is -0.351 e. The van der Waals surface area contributed by atoms with Crippen LogP contribution in [0, 0.1) is 27.7 Å². The average molecular weight is 443 g/mol. The largest absolute Gasteiger partial charge is 0.351 e. The molecule has 0 aromatic heterocycles. The van der Waals surface area contributed by atoms with Gasteiger partial charge in [0.05, 0.1) is 11.4 Å². The van der Waals surface area contributed by atoms with E-state index in [2.05, 4.69) is 5.32 Å². The van der Waals surface area contributed by atoms with Gasteiger partial charge < -0.3 is 5.32 Å². The van der Waals surface area contributed by atoms with Crippen molar-refractivity contribution >= 4 is 15.9 Å². The number of hydrogen-bond donors (Lipinski definition) is 1. The molecule has 0 heterocycles. The SMILES string of the molecule is Cc1cccc(CNC(=O)CN(C2CCCCC2)S(=O)(=O)c2c(C)cc(C)cc2C)c1. The first-order valence-corrected chi connectivity index (χ1v) is 12.5. The Balaban J connectivity index is 1.85. The molecule has 0 saturated heterocycles. The molecule has 1 saturated carbocycles. The van der Waals surface area contributed by atoms with Gasteiger partial charge in [0.25, 0.3) is 0 Å². The quantitative estimate of drug-likeness (QED) is 0.684. The summed E-state index contributed by atoms with van der Waals surface area (Å²) in [5, 5.41) is 2.91. The van der Waals surface area contributed by atoms with Crippen LogP contribution in [-0.4, -0.2) is 31.2 Å². The van der Waals surface area contributed by atoms with Crippen LogP contribution in [0.2, 0.25) is 0 Å². The molecule has 5 nitrogen and oxygen atoms in total. The first-order valence-electron chi connectivity index (χ1n) is 11.1. The highest BCUT2D eigenvalue weighted by molar-refractivity contribution is 7.89. The van der Waals surface area contributed by atoms with E-state index in [0.717, 1.165) is 59.9 Å². The second-order valence-corrected chi connectivity index (χ2v) is 10.7. The Kier molecular flexibility index (Phi) is 7.55. The molecule has 31 heavy (non-hydrogen) atoms. The van der Waals surface area contributed by atoms with E-state index >= 15 is 0 Å². The predicted octanol–water partition coefficient (Wildman–Crippen LogP) is 4.56. The fourth-order valence-electron chi connectivity index (χ4n) is 4.69. The van der Waals surface area contributed by atoms with Crippen LogP contribution in [0.3, 0.4) is 0 Å². The fraction of sp³-hybridized carbons (Fsp3) is 0.480. The summed E-state index contributed by atoms with van der Waals surface area (Å²) >= 11 is 0. The number of carbonyl (C=O) groups is 1. The van der Waals surface area contributed by atoms with Crippen LogP contribution in [0.15, 0.2) is 41.3 Å². The van der Waals surface area contributed by atoms with E-state index < -0.39 is 10.0 Å². The van der Waals surface area contributed by atoms with Gasteiger partial charge in [0.15, 0.2) is 0 Å². The van der Waals surface area contributed by atoms with Crippen molar-refractivity contribution in [3.63, 3.8) is 0 Å². The number of benzene rings is 2. The van der Waals surface area contributed by atoms with Crippen molar-refractivity contribution in [2.24, 2.45) is 0 Å². The monoisotopic (exact) mass is 442 g/mol. The lowest BCUT2D eigenvalue weighted by Gasteiger charge is -2.33. The lowest BCUT2D eigenvalue weighted by atomic mass is 9.95. The highest BCUT2D eigenvalue weighted by Gasteiger charge is 2.35. The van der Waals surface area contributed by atoms with Gasteiger partial charge in [-0.3, -0.25) is 4.79 Å². The molecule has 1 aliphatic rings. The Morgan fingerprint density at radius 2 is 1.61 bits per heavy atom. The Morgan fingerprint density at radius 1 is 0.968 bits per heavy atom. The van der Waals surface area contributed by atoms with Crippen molar-refractivity contribution in [2.75, 3.05) is 6.54 Å². The summed E-state index contributed by atoms with van der Waals surface area (Å²) in [6, 6.07) is 11.6. The summed E-state index contributed by atoms with van der Waals surface area (Å²) in [4.78, 5) is 13.2. The van der Waals surface area contributed by atoms with Crippen LogP contribution in [0.1, 0.15) is 59.9 Å². The molecule has 0 atom stereocenters. The molecular formula is C25H34N2O3S. The van der Waals surface area contributed by atoms with Crippen LogP contribution >= 0.6 is 0 Å². The maximum Gasteiger partial charge on any atom is 0.244 e. The molecule has 1 aliphatic carbocycles. The third-order valence-electron chi connectivity index (χ3n) is 6.02. The third kappa shape index (κ3) is 5.74. The second-order valence-electron chi connectivity index (χ2n) is 8.84. The Hall–Kier alpha value is -2.18. The molecule has 1 fully saturated rings. The van der Waals surface area contributed by atoms with Gasteiger partial charge in [0, 0.05) is 12.6 Å². The average Bonchev–Trinajstić information content (AvgIpc) is 2.70. The van der Waals surface area contributed by atoms with Gasteiger partial charge in [-0.05, 0) is 57.2 Å². The maximum absolute atomic E-state index is 13.8. The van der Waals surface area contributed by atoms with Gasteiger partial charge in [-0.2, -0.15) is 4.31 Å². The van der Waals surface area contributed by atoms with Crippen molar-refractivity contribution in [1.82, 2.24) is 9.62 Å². The van der Waals surface area contributed by atoms with Crippen LogP contribution in [0.25, 0.3) is 0 Å². The fourth-order valence-corrected chi connectivity index (χ4v) is 6.75. The summed E-state index contributed by atoms with van der Waals surface area (Å²) in [5.41, 5.74) is 4.64. The van der Waals surface area contributed by atoms with Crippen molar-refractivity contribution in [3.05, 3.63) is 64.2 Å². The Bertz CT molecular complexity index is 1020. The zero-order valence-electron chi connectivity index (χ0n) is 19.1. The molecular weight excluding hydrogens is 408 g/mol. The summed E-state index contributed by atoms with van der Waals surface area (Å²) in [6.07, 6.45) is 4.70. The standard InChI is InChI=1S/C25H34N2O3S/c1-18-9-8-10-22(15-18)16-26-24(28)17-27(23-11-6-5-7-12-23)31(29,30)25-20(3)13-19(2)14-21(25)4/h8-10,13-15,23H,5-7,11-12,16-17H2,1-4H3,(H,26,28). The Labute approximate surface area is 186 Å². The van der Waals surface area contributed by atoms with Gasteiger partial charge >= 0.3 is 0 Å². The number of nitrogens with one attached hydrogen (secondary N) is 1. The summed E-state index contributed by atoms with van der Waals surface area (Å²) in [7, 11) is -3.79. The molecule has 2 aromatic rings. The minimum absolute atomic E-state index is 0.136. The highest BCUT2D eigenvalue weighted by Crippen LogP contribution is 2.31. The van der Waals surface area contributed by atoms with Crippen molar-refractivity contribution in [2.45, 2.75) is 77.3 Å². The maximum atomic E-state index is 13.8. The van der Waals surface area contributed by atoms with Gasteiger partial charge in [-0.1, -0.05) is 66.8 Å². The zero-order valence-corrected chi connectivity index (χ0v) is 19.9. The van der Waals surface area contributed by atoms with Gasteiger partial charge in [0.2, 0.25) is 15.9 Å². The molecule has 0 aliphatic heterocycles. The van der Waals surface area contributed by atoms with Crippen LogP contribution in [-0.2, 0) is 21.4 Å². The summed E-state index contributed by atoms with van der Waals surface area (Å²) in [6.45, 7) is 7.89. The topological polar surface area (TPSA) is 66.5 Å². The van der Waals surface area contributed by atoms with Crippen LogP contribution in [0.4, 0.5) is 0 Å². The molecule has 0 bridgehead atoms. The molecule has 6 heteroatoms. The smallest absolute Gasteiger partial charge is 0.244 e. The minimum atomic E-state index is -3.79. The van der Waals surface area contributed by atoms with E-state index in [0.29, 0.717) is 11.4 Å². The van der Waals surface area contributed by atoms with E-state index in [-0.39, 0.29) is 18.5 Å². The van der Waals surface area contributed by atoms with Crippen molar-refractivity contribution < 1.29 is 13.2 Å². The highest BCUT2D eigenvalue weighted by atomic mass is 32.2. The summed E-state index contributed by atoms with van der Waals surface area (Å²) < 4.78 is 29.0. The lowest BCUT2D eigenvalue weighted by molar-refractivity contribution is -0.121. The van der Waals surface area contributed by atoms with E-state index in [1.807, 2.05) is 64.1 Å². The number of sulfonamides is 1. The third-order valence-corrected chi connectivity index (χ3v) is 8.23. The number of aryl methyl sites for hydroxylation is 4. The first kappa shape index (κ1) is 23.5. The van der Waals surface area contributed by atoms with E-state index in [1.54, 1.807) is 0 Å². The molecule has 2 aromatic carbocycles. The number of nitrogens with zero attached hydrogens (tertiary/aromatic N) is 1. The van der Waals surface area contributed by atoms with Gasteiger partial charge in [0.1, 0.15) is 0 Å². The predicted molar refractivity (Wildman–Crippen MR) is 124 cm³/mol. The molecule has 168 valence electrons. The zero-order chi connectivity index (χ0) is 22.6. The van der Waals surface area contributed by atoms with Crippen molar-refractivity contribution in [3.8, 4) is 0 Å². The van der Waals surface area contributed by atoms with Gasteiger partial charge in [-0.25, -0.2) is 8.42 Å². The number of hydrogen-bond acceptors (Lipinski definition) is 3. The van der Waals surface area contributed by atoms with E-state index in [1.165, 1.54) is 4.31 Å². The Morgan fingerprint density at radius 3 is 2.23 bits per heavy atom. The second kappa shape index (κ2) is 9.96. The normalized spacial score (nSPS) is 15.3. The molecule has 1 N–H and O–H groups in total. The molecule has 0 unspecified atom stereocenters. The number of rotatable bonds is 7. The number of amides is 1. The van der Waals surface area contributed by atoms with Crippen LogP contribution in [0.5, 0.6) is 0 Å². The van der Waals surface area contributed by atoms with E-state index in [9.17, 15) is 13.2 Å². The molecule has 0 spiro atoms.